The van der Waals surface area contributed by atoms with Crippen molar-refractivity contribution in [2.45, 2.75) is 75.0 Å². The maximum atomic E-state index is 13.3. The Morgan fingerprint density at radius 1 is 1.10 bits per heavy atom. The van der Waals surface area contributed by atoms with E-state index in [4.69, 9.17) is 4.52 Å². The lowest BCUT2D eigenvalue weighted by atomic mass is 9.53. The third-order valence-electron chi connectivity index (χ3n) is 7.00. The molecule has 1 heterocycles. The quantitative estimate of drug-likeness (QED) is 0.628. The molecule has 1 aromatic carbocycles. The van der Waals surface area contributed by atoms with E-state index in [-0.39, 0.29) is 11.4 Å². The molecule has 1 aromatic heterocycles. The molecule has 154 valence electrons. The second-order valence-corrected chi connectivity index (χ2v) is 11.5. The number of aryl methyl sites for hydroxylation is 1. The molecular formula is C24H30N2O2S. The van der Waals surface area contributed by atoms with Crippen molar-refractivity contribution in [1.82, 2.24) is 10.5 Å². The first kappa shape index (κ1) is 19.2. The van der Waals surface area contributed by atoms with E-state index in [1.807, 2.05) is 18.7 Å². The highest BCUT2D eigenvalue weighted by atomic mass is 32.2. The van der Waals surface area contributed by atoms with Crippen LogP contribution >= 0.6 is 11.8 Å². The van der Waals surface area contributed by atoms with Crippen molar-refractivity contribution < 1.29 is 9.32 Å². The molecule has 2 aromatic rings. The van der Waals surface area contributed by atoms with Crippen molar-refractivity contribution in [1.29, 1.82) is 0 Å². The number of hydrogen-bond donors (Lipinski definition) is 1. The fourth-order valence-electron chi connectivity index (χ4n) is 6.40. The number of carbonyl (C=O) groups excluding carboxylic acids is 1. The second kappa shape index (κ2) is 7.19. The summed E-state index contributed by atoms with van der Waals surface area (Å²) >= 11 is 1.84. The van der Waals surface area contributed by atoms with Crippen LogP contribution in [0.15, 0.2) is 33.7 Å². The number of aromatic nitrogens is 1. The van der Waals surface area contributed by atoms with Gasteiger partial charge in [-0.05, 0) is 80.9 Å². The Labute approximate surface area is 177 Å². The van der Waals surface area contributed by atoms with Crippen LogP contribution in [0.25, 0.3) is 11.1 Å². The van der Waals surface area contributed by atoms with E-state index >= 15 is 0 Å². The minimum atomic E-state index is -0.0943. The maximum absolute atomic E-state index is 13.3. The molecule has 1 N–H and O–H groups in total. The molecule has 0 atom stereocenters. The molecule has 0 saturated heterocycles. The molecule has 6 rings (SSSR count). The number of benzene rings is 1. The van der Waals surface area contributed by atoms with Gasteiger partial charge in [0.15, 0.2) is 0 Å². The van der Waals surface area contributed by atoms with Crippen molar-refractivity contribution in [3.63, 3.8) is 0 Å². The third kappa shape index (κ3) is 3.63. The molecule has 4 saturated carbocycles. The van der Waals surface area contributed by atoms with Gasteiger partial charge < -0.3 is 9.84 Å². The predicted octanol–water partition coefficient (Wildman–Crippen LogP) is 5.85. The van der Waals surface area contributed by atoms with Gasteiger partial charge >= 0.3 is 0 Å². The van der Waals surface area contributed by atoms with Crippen molar-refractivity contribution in [3.8, 4) is 11.1 Å². The Bertz CT molecular complexity index is 880. The number of thioether (sulfide) groups is 1. The average molecular weight is 411 g/mol. The van der Waals surface area contributed by atoms with E-state index < -0.39 is 0 Å². The number of nitrogens with zero attached hydrogens (tertiary/aromatic N) is 1. The highest BCUT2D eigenvalue weighted by molar-refractivity contribution is 7.99. The second-order valence-electron chi connectivity index (χ2n) is 9.82. The first-order valence-corrected chi connectivity index (χ1v) is 11.8. The average Bonchev–Trinajstić information content (AvgIpc) is 3.02. The van der Waals surface area contributed by atoms with Gasteiger partial charge in [-0.2, -0.15) is 0 Å². The summed E-state index contributed by atoms with van der Waals surface area (Å²) in [7, 11) is 0. The van der Waals surface area contributed by atoms with Gasteiger partial charge in [-0.3, -0.25) is 4.79 Å². The Kier molecular flexibility index (Phi) is 4.77. The van der Waals surface area contributed by atoms with E-state index in [2.05, 4.69) is 48.6 Å². The molecule has 4 nitrogen and oxygen atoms in total. The van der Waals surface area contributed by atoms with Crippen LogP contribution in [0.4, 0.5) is 0 Å². The fourth-order valence-corrected chi connectivity index (χ4v) is 7.24. The number of carbonyl (C=O) groups is 1. The molecular weight excluding hydrogens is 380 g/mol. The van der Waals surface area contributed by atoms with Gasteiger partial charge in [0, 0.05) is 15.7 Å². The summed E-state index contributed by atoms with van der Waals surface area (Å²) in [6.45, 7) is 6.29. The largest absolute Gasteiger partial charge is 0.350 e. The van der Waals surface area contributed by atoms with E-state index in [1.54, 1.807) is 0 Å². The first-order chi connectivity index (χ1) is 13.9. The predicted molar refractivity (Wildman–Crippen MR) is 116 cm³/mol. The molecule has 4 aliphatic carbocycles. The zero-order chi connectivity index (χ0) is 20.2. The molecule has 0 aliphatic heterocycles. The van der Waals surface area contributed by atoms with E-state index in [1.165, 1.54) is 24.2 Å². The molecule has 1 amide bonds. The van der Waals surface area contributed by atoms with Crippen LogP contribution in [0.3, 0.4) is 0 Å². The zero-order valence-electron chi connectivity index (χ0n) is 17.5. The minimum absolute atomic E-state index is 0.0262. The molecule has 0 unspecified atom stereocenters. The van der Waals surface area contributed by atoms with Gasteiger partial charge in [0.2, 0.25) is 5.76 Å². The van der Waals surface area contributed by atoms with Crippen LogP contribution in [-0.2, 0) is 0 Å². The smallest absolute Gasteiger partial charge is 0.290 e. The molecule has 5 heteroatoms. The van der Waals surface area contributed by atoms with Crippen molar-refractivity contribution in [3.05, 3.63) is 35.7 Å². The van der Waals surface area contributed by atoms with Crippen molar-refractivity contribution >= 4 is 17.7 Å². The first-order valence-electron chi connectivity index (χ1n) is 11.0. The Morgan fingerprint density at radius 3 is 2.24 bits per heavy atom. The topological polar surface area (TPSA) is 55.1 Å². The monoisotopic (exact) mass is 410 g/mol. The van der Waals surface area contributed by atoms with E-state index in [0.29, 0.717) is 11.0 Å². The molecule has 0 radical (unpaired) electrons. The van der Waals surface area contributed by atoms with Crippen LogP contribution in [0.1, 0.15) is 68.6 Å². The Hall–Kier alpha value is -1.75. The molecule has 4 bridgehead atoms. The van der Waals surface area contributed by atoms with Gasteiger partial charge in [-0.1, -0.05) is 31.1 Å². The summed E-state index contributed by atoms with van der Waals surface area (Å²) < 4.78 is 5.55. The van der Waals surface area contributed by atoms with Gasteiger partial charge in [0.1, 0.15) is 0 Å². The SMILES string of the molecule is Cc1noc(C(=O)NC23CC4CC(CC(C4)C2)C3)c1-c1ccc(SC(C)C)cc1. The van der Waals surface area contributed by atoms with E-state index in [0.717, 1.165) is 53.8 Å². The molecule has 29 heavy (non-hydrogen) atoms. The Morgan fingerprint density at radius 2 is 1.69 bits per heavy atom. The van der Waals surface area contributed by atoms with Gasteiger partial charge in [0.05, 0.1) is 11.3 Å². The summed E-state index contributed by atoms with van der Waals surface area (Å²) in [4.78, 5) is 14.5. The van der Waals surface area contributed by atoms with Gasteiger partial charge in [-0.15, -0.1) is 11.8 Å². The zero-order valence-corrected chi connectivity index (χ0v) is 18.3. The summed E-state index contributed by atoms with van der Waals surface area (Å²) in [5.41, 5.74) is 2.56. The number of rotatable bonds is 5. The number of hydrogen-bond acceptors (Lipinski definition) is 4. The summed E-state index contributed by atoms with van der Waals surface area (Å²) in [6.07, 6.45) is 7.49. The van der Waals surface area contributed by atoms with Crippen LogP contribution in [0.2, 0.25) is 0 Å². The highest BCUT2D eigenvalue weighted by Gasteiger charge is 2.51. The maximum Gasteiger partial charge on any atom is 0.290 e. The summed E-state index contributed by atoms with van der Waals surface area (Å²) in [6, 6.07) is 8.39. The highest BCUT2D eigenvalue weighted by Crippen LogP contribution is 2.55. The lowest BCUT2D eigenvalue weighted by Crippen LogP contribution is -2.59. The van der Waals surface area contributed by atoms with Crippen LogP contribution in [0.5, 0.6) is 0 Å². The summed E-state index contributed by atoms with van der Waals surface area (Å²) in [5, 5.41) is 8.10. The molecule has 0 spiro atoms. The van der Waals surface area contributed by atoms with Crippen LogP contribution in [0, 0.1) is 24.7 Å². The normalized spacial score (nSPS) is 30.1. The van der Waals surface area contributed by atoms with Crippen molar-refractivity contribution in [2.75, 3.05) is 0 Å². The number of amides is 1. The summed E-state index contributed by atoms with van der Waals surface area (Å²) in [5.74, 6) is 2.65. The minimum Gasteiger partial charge on any atom is -0.350 e. The lowest BCUT2D eigenvalue weighted by molar-refractivity contribution is -0.0172. The fraction of sp³-hybridized carbons (Fsp3) is 0.583. The van der Waals surface area contributed by atoms with E-state index in [9.17, 15) is 4.79 Å². The van der Waals surface area contributed by atoms with Gasteiger partial charge in [0.25, 0.3) is 5.91 Å². The third-order valence-corrected chi connectivity index (χ3v) is 8.02. The van der Waals surface area contributed by atoms with Crippen LogP contribution < -0.4 is 5.32 Å². The van der Waals surface area contributed by atoms with Gasteiger partial charge in [-0.25, -0.2) is 0 Å². The standard InChI is InChI=1S/C24H30N2O2S/c1-14(2)29-20-6-4-19(5-7-20)21-15(3)26-28-22(21)23(27)25-24-11-16-8-17(12-24)10-18(9-16)13-24/h4-7,14,16-18H,8-13H2,1-3H3,(H,25,27). The lowest BCUT2D eigenvalue weighted by Gasteiger charge is -2.56. The van der Waals surface area contributed by atoms with Crippen LogP contribution in [-0.4, -0.2) is 21.9 Å². The molecule has 4 aliphatic rings. The molecule has 4 fully saturated rings. The Balaban J connectivity index is 1.39. The number of nitrogens with one attached hydrogen (secondary N) is 1. The van der Waals surface area contributed by atoms with Crippen molar-refractivity contribution in [2.24, 2.45) is 17.8 Å².